The summed E-state index contributed by atoms with van der Waals surface area (Å²) in [5.41, 5.74) is 0. The Kier molecular flexibility index (Phi) is 28.9. The molecule has 1 nitrogen and oxygen atoms in total. The Morgan fingerprint density at radius 3 is 1.13 bits per heavy atom. The van der Waals surface area contributed by atoms with Gasteiger partial charge in [0.25, 0.3) is 0 Å². The summed E-state index contributed by atoms with van der Waals surface area (Å²) in [5.74, 6) is 4.66. The maximum atomic E-state index is 5.74. The Hall–Kier alpha value is 0.310. The Morgan fingerprint density at radius 2 is 0.789 bits per heavy atom. The van der Waals surface area contributed by atoms with E-state index in [1.165, 1.54) is 186 Å². The van der Waals surface area contributed by atoms with Gasteiger partial charge in [-0.3, -0.25) is 0 Å². The maximum Gasteiger partial charge on any atom is 0.108 e. The Labute approximate surface area is 245 Å². The summed E-state index contributed by atoms with van der Waals surface area (Å²) in [6.07, 6.45) is 42.8. The van der Waals surface area contributed by atoms with Crippen molar-refractivity contribution in [2.24, 2.45) is 0 Å². The standard InChI is InChI=1S/C36H73OS/c1-3-5-7-9-18-22-26-33-38(34-27-23-19-10-8-6-4-2)35-28-24-20-16-14-12-11-13-15-17-21-25-30-36-31-29-32-37-36/h36H,3-35H2,1-2H3/q+1. The van der Waals surface area contributed by atoms with Crippen LogP contribution in [-0.4, -0.2) is 30.0 Å². The van der Waals surface area contributed by atoms with E-state index in [0.717, 1.165) is 17.5 Å². The van der Waals surface area contributed by atoms with E-state index in [4.69, 9.17) is 4.74 Å². The van der Waals surface area contributed by atoms with Crippen molar-refractivity contribution in [3.63, 3.8) is 0 Å². The van der Waals surface area contributed by atoms with E-state index >= 15 is 0 Å². The van der Waals surface area contributed by atoms with Gasteiger partial charge in [0, 0.05) is 6.61 Å². The predicted molar refractivity (Wildman–Crippen MR) is 177 cm³/mol. The molecular weight excluding hydrogens is 480 g/mol. The minimum atomic E-state index is 0.608. The molecule has 0 radical (unpaired) electrons. The molecule has 1 rings (SSSR count). The highest BCUT2D eigenvalue weighted by Crippen LogP contribution is 2.20. The average Bonchev–Trinajstić information content (AvgIpc) is 3.45. The van der Waals surface area contributed by atoms with Crippen molar-refractivity contribution < 1.29 is 4.74 Å². The van der Waals surface area contributed by atoms with Crippen molar-refractivity contribution in [2.45, 2.75) is 206 Å². The van der Waals surface area contributed by atoms with Crippen LogP contribution >= 0.6 is 0 Å². The molecule has 1 fully saturated rings. The van der Waals surface area contributed by atoms with Crippen LogP contribution in [0, 0.1) is 0 Å². The van der Waals surface area contributed by atoms with Crippen molar-refractivity contribution in [3.8, 4) is 0 Å². The van der Waals surface area contributed by atoms with Gasteiger partial charge in [0.1, 0.15) is 17.3 Å². The quantitative estimate of drug-likeness (QED) is 0.0612. The molecule has 0 aromatic carbocycles. The molecule has 38 heavy (non-hydrogen) atoms. The Bertz CT molecular complexity index is 415. The monoisotopic (exact) mass is 554 g/mol. The van der Waals surface area contributed by atoms with Gasteiger partial charge in [0.2, 0.25) is 0 Å². The number of ether oxygens (including phenoxy) is 1. The van der Waals surface area contributed by atoms with Crippen molar-refractivity contribution in [3.05, 3.63) is 0 Å². The van der Waals surface area contributed by atoms with Crippen LogP contribution < -0.4 is 0 Å². The molecule has 1 heterocycles. The van der Waals surface area contributed by atoms with Crippen molar-refractivity contribution >= 4 is 10.9 Å². The van der Waals surface area contributed by atoms with Crippen LogP contribution in [0.4, 0.5) is 0 Å². The van der Waals surface area contributed by atoms with E-state index in [-0.39, 0.29) is 0 Å². The molecule has 0 amide bonds. The van der Waals surface area contributed by atoms with Crippen LogP contribution in [0.2, 0.25) is 0 Å². The molecule has 2 heteroatoms. The first-order valence-corrected chi connectivity index (χ1v) is 19.9. The molecule has 1 aliphatic heterocycles. The number of unbranched alkanes of at least 4 members (excludes halogenated alkanes) is 23. The lowest BCUT2D eigenvalue weighted by Gasteiger charge is -2.10. The highest BCUT2D eigenvalue weighted by Gasteiger charge is 2.17. The molecule has 228 valence electrons. The highest BCUT2D eigenvalue weighted by molar-refractivity contribution is 7.96. The first kappa shape index (κ1) is 36.3. The summed E-state index contributed by atoms with van der Waals surface area (Å²) in [6, 6.07) is 0. The van der Waals surface area contributed by atoms with E-state index in [2.05, 4.69) is 13.8 Å². The van der Waals surface area contributed by atoms with Gasteiger partial charge in [-0.15, -0.1) is 0 Å². The summed E-state index contributed by atoms with van der Waals surface area (Å²) in [5, 5.41) is 0. The SMILES string of the molecule is CCCCCCCCC[S+](CCCCCCCCC)CCCCCCCCCCCCCCC1CCCO1. The first-order valence-electron chi connectivity index (χ1n) is 18.1. The molecule has 0 aliphatic carbocycles. The van der Waals surface area contributed by atoms with E-state index in [9.17, 15) is 0 Å². The largest absolute Gasteiger partial charge is 0.378 e. The zero-order chi connectivity index (χ0) is 27.2. The highest BCUT2D eigenvalue weighted by atomic mass is 32.2. The summed E-state index contributed by atoms with van der Waals surface area (Å²) < 4.78 is 5.74. The zero-order valence-electron chi connectivity index (χ0n) is 26.7. The third-order valence-electron chi connectivity index (χ3n) is 8.81. The van der Waals surface area contributed by atoms with Gasteiger partial charge < -0.3 is 4.74 Å². The van der Waals surface area contributed by atoms with Gasteiger partial charge in [-0.2, -0.15) is 0 Å². The first-order chi connectivity index (χ1) is 18.9. The lowest BCUT2D eigenvalue weighted by atomic mass is 10.0. The molecule has 1 atom stereocenters. The van der Waals surface area contributed by atoms with Crippen LogP contribution in [0.1, 0.15) is 200 Å². The van der Waals surface area contributed by atoms with Crippen LogP contribution in [0.3, 0.4) is 0 Å². The lowest BCUT2D eigenvalue weighted by molar-refractivity contribution is 0.102. The summed E-state index contributed by atoms with van der Waals surface area (Å²) >= 11 is 0. The van der Waals surface area contributed by atoms with Crippen LogP contribution in [0.25, 0.3) is 0 Å². The number of hydrogen-bond acceptors (Lipinski definition) is 1. The minimum Gasteiger partial charge on any atom is -0.378 e. The van der Waals surface area contributed by atoms with Gasteiger partial charge in [0.15, 0.2) is 0 Å². The third kappa shape index (κ3) is 25.3. The third-order valence-corrected chi connectivity index (χ3v) is 11.4. The minimum absolute atomic E-state index is 0.608. The lowest BCUT2D eigenvalue weighted by Crippen LogP contribution is -2.17. The van der Waals surface area contributed by atoms with Gasteiger partial charge in [-0.05, 0) is 68.7 Å². The molecule has 1 unspecified atom stereocenters. The fourth-order valence-corrected chi connectivity index (χ4v) is 8.60. The van der Waals surface area contributed by atoms with Gasteiger partial charge >= 0.3 is 0 Å². The second kappa shape index (κ2) is 30.3. The summed E-state index contributed by atoms with van der Waals surface area (Å²) in [4.78, 5) is 0. The predicted octanol–water partition coefficient (Wildman–Crippen LogP) is 12.4. The van der Waals surface area contributed by atoms with E-state index in [0.29, 0.717) is 6.10 Å². The molecule has 0 spiro atoms. The second-order valence-corrected chi connectivity index (χ2v) is 15.1. The van der Waals surface area contributed by atoms with Gasteiger partial charge in [0.05, 0.1) is 6.10 Å². The second-order valence-electron chi connectivity index (χ2n) is 12.6. The Balaban J connectivity index is 1.95. The normalized spacial score (nSPS) is 15.7. The number of rotatable bonds is 31. The summed E-state index contributed by atoms with van der Waals surface area (Å²) in [7, 11) is 0.735. The molecule has 0 bridgehead atoms. The van der Waals surface area contributed by atoms with Crippen LogP contribution in [-0.2, 0) is 15.6 Å². The van der Waals surface area contributed by atoms with E-state index in [1.807, 2.05) is 0 Å². The van der Waals surface area contributed by atoms with Crippen molar-refractivity contribution in [2.75, 3.05) is 23.9 Å². The molecular formula is C36H73OS+. The van der Waals surface area contributed by atoms with Crippen molar-refractivity contribution in [1.29, 1.82) is 0 Å². The van der Waals surface area contributed by atoms with Crippen LogP contribution in [0.5, 0.6) is 0 Å². The van der Waals surface area contributed by atoms with E-state index in [1.54, 1.807) is 17.3 Å². The maximum absolute atomic E-state index is 5.74. The van der Waals surface area contributed by atoms with Crippen molar-refractivity contribution in [1.82, 2.24) is 0 Å². The molecule has 1 aliphatic rings. The topological polar surface area (TPSA) is 9.23 Å². The van der Waals surface area contributed by atoms with E-state index < -0.39 is 0 Å². The van der Waals surface area contributed by atoms with Gasteiger partial charge in [-0.1, -0.05) is 142 Å². The molecule has 0 aromatic heterocycles. The molecule has 1 saturated heterocycles. The fourth-order valence-electron chi connectivity index (χ4n) is 6.15. The number of hydrogen-bond donors (Lipinski definition) is 0. The van der Waals surface area contributed by atoms with Crippen LogP contribution in [0.15, 0.2) is 0 Å². The molecule has 0 N–H and O–H groups in total. The zero-order valence-corrected chi connectivity index (χ0v) is 27.5. The molecule has 0 saturated carbocycles. The smallest absolute Gasteiger partial charge is 0.108 e. The van der Waals surface area contributed by atoms with Gasteiger partial charge in [-0.25, -0.2) is 0 Å². The average molecular weight is 554 g/mol. The fraction of sp³-hybridized carbons (Fsp3) is 1.00. The Morgan fingerprint density at radius 1 is 0.447 bits per heavy atom. The molecule has 0 aromatic rings. The summed E-state index contributed by atoms with van der Waals surface area (Å²) in [6.45, 7) is 5.67.